The molecule has 0 aromatic heterocycles. The quantitative estimate of drug-likeness (QED) is 0.486. The van der Waals surface area contributed by atoms with E-state index in [9.17, 15) is 13.2 Å². The van der Waals surface area contributed by atoms with Gasteiger partial charge in [0.05, 0.1) is 16.6 Å². The lowest BCUT2D eigenvalue weighted by atomic mass is 10.1. The van der Waals surface area contributed by atoms with Crippen molar-refractivity contribution in [3.63, 3.8) is 0 Å². The van der Waals surface area contributed by atoms with Gasteiger partial charge in [0.25, 0.3) is 10.0 Å². The lowest BCUT2D eigenvalue weighted by molar-refractivity contribution is -0.120. The van der Waals surface area contributed by atoms with Gasteiger partial charge in [0.15, 0.2) is 0 Å². The Morgan fingerprint density at radius 1 is 1.03 bits per heavy atom. The van der Waals surface area contributed by atoms with Crippen LogP contribution in [0.25, 0.3) is 0 Å². The number of amides is 1. The molecule has 0 aliphatic carbocycles. The van der Waals surface area contributed by atoms with Crippen LogP contribution in [0.15, 0.2) is 77.7 Å². The highest BCUT2D eigenvalue weighted by molar-refractivity contribution is 7.92. The first-order chi connectivity index (χ1) is 15.2. The van der Waals surface area contributed by atoms with Gasteiger partial charge in [0.1, 0.15) is 6.54 Å². The topological polar surface area (TPSA) is 66.5 Å². The Hall–Kier alpha value is -2.83. The summed E-state index contributed by atoms with van der Waals surface area (Å²) in [5, 5.41) is 3.34. The predicted molar refractivity (Wildman–Crippen MR) is 130 cm³/mol. The Morgan fingerprint density at radius 3 is 2.28 bits per heavy atom. The first-order valence-corrected chi connectivity index (χ1v) is 12.3. The number of carbonyl (C=O) groups excluding carboxylic acids is 1. The van der Waals surface area contributed by atoms with Crippen molar-refractivity contribution >= 4 is 33.2 Å². The van der Waals surface area contributed by atoms with Crippen LogP contribution in [0.1, 0.15) is 36.6 Å². The van der Waals surface area contributed by atoms with Crippen LogP contribution in [0.3, 0.4) is 0 Å². The Kier molecular flexibility index (Phi) is 7.59. The van der Waals surface area contributed by atoms with Crippen LogP contribution < -0.4 is 9.62 Å². The van der Waals surface area contributed by atoms with Crippen LogP contribution in [0, 0.1) is 6.92 Å². The molecule has 0 fully saturated rings. The average Bonchev–Trinajstić information content (AvgIpc) is 2.80. The molecule has 1 N–H and O–H groups in total. The zero-order chi connectivity index (χ0) is 23.3. The molecule has 0 bridgehead atoms. The molecule has 168 valence electrons. The fourth-order valence-corrected chi connectivity index (χ4v) is 4.92. The van der Waals surface area contributed by atoms with Crippen molar-refractivity contribution in [1.29, 1.82) is 0 Å². The fourth-order valence-electron chi connectivity index (χ4n) is 3.31. The summed E-state index contributed by atoms with van der Waals surface area (Å²) in [4.78, 5) is 13.0. The third kappa shape index (κ3) is 5.50. The van der Waals surface area contributed by atoms with Gasteiger partial charge < -0.3 is 5.32 Å². The zero-order valence-electron chi connectivity index (χ0n) is 18.4. The van der Waals surface area contributed by atoms with Gasteiger partial charge in [0.2, 0.25) is 5.91 Å². The van der Waals surface area contributed by atoms with Crippen molar-refractivity contribution in [3.05, 3.63) is 94.5 Å². The first kappa shape index (κ1) is 23.8. The fraction of sp³-hybridized carbons (Fsp3) is 0.240. The summed E-state index contributed by atoms with van der Waals surface area (Å²) < 4.78 is 27.9. The number of nitrogens with one attached hydrogen (secondary N) is 1. The van der Waals surface area contributed by atoms with Crippen molar-refractivity contribution in [2.45, 2.75) is 38.1 Å². The van der Waals surface area contributed by atoms with Crippen molar-refractivity contribution in [2.75, 3.05) is 10.8 Å². The molecule has 0 aliphatic rings. The highest BCUT2D eigenvalue weighted by Gasteiger charge is 2.28. The zero-order valence-corrected chi connectivity index (χ0v) is 20.0. The molecule has 0 heterocycles. The molecule has 5 nitrogen and oxygen atoms in total. The molecule has 3 aromatic rings. The Labute approximate surface area is 195 Å². The van der Waals surface area contributed by atoms with Crippen molar-refractivity contribution in [3.8, 4) is 0 Å². The van der Waals surface area contributed by atoms with E-state index in [4.69, 9.17) is 11.6 Å². The third-order valence-corrected chi connectivity index (χ3v) is 7.52. The molecule has 3 rings (SSSR count). The second-order valence-corrected chi connectivity index (χ2v) is 9.91. The molecular weight excluding hydrogens is 444 g/mol. The van der Waals surface area contributed by atoms with Gasteiger partial charge in [-0.2, -0.15) is 0 Å². The molecule has 1 unspecified atom stereocenters. The Bertz CT molecular complexity index is 1180. The van der Waals surface area contributed by atoms with Gasteiger partial charge in [-0.05, 0) is 61.2 Å². The van der Waals surface area contributed by atoms with Crippen LogP contribution in [0.5, 0.6) is 0 Å². The first-order valence-electron chi connectivity index (χ1n) is 10.4. The van der Waals surface area contributed by atoms with Gasteiger partial charge in [-0.3, -0.25) is 9.10 Å². The standard InChI is InChI=1S/C25H27ClN2O3S/c1-4-20-11-13-21(14-12-20)19(3)27-25(29)17-28(22-15-10-18(2)24(26)16-22)32(30,31)23-8-6-5-7-9-23/h5-16,19H,4,17H2,1-3H3,(H,27,29). The van der Waals surface area contributed by atoms with E-state index < -0.39 is 15.9 Å². The number of carbonyl (C=O) groups is 1. The summed E-state index contributed by atoms with van der Waals surface area (Å²) in [6.07, 6.45) is 0.937. The number of aryl methyl sites for hydroxylation is 2. The predicted octanol–water partition coefficient (Wildman–Crippen LogP) is 5.28. The highest BCUT2D eigenvalue weighted by atomic mass is 35.5. The summed E-state index contributed by atoms with van der Waals surface area (Å²) in [5.74, 6) is -0.409. The number of anilines is 1. The largest absolute Gasteiger partial charge is 0.348 e. The van der Waals surface area contributed by atoms with Gasteiger partial charge in [-0.1, -0.05) is 67.1 Å². The number of hydrogen-bond donors (Lipinski definition) is 1. The van der Waals surface area contributed by atoms with Crippen LogP contribution in [-0.4, -0.2) is 20.9 Å². The number of sulfonamides is 1. The van der Waals surface area contributed by atoms with E-state index in [1.165, 1.54) is 17.7 Å². The summed E-state index contributed by atoms with van der Waals surface area (Å²) in [6.45, 7) is 5.42. The molecule has 1 atom stereocenters. The molecule has 0 saturated heterocycles. The van der Waals surface area contributed by atoms with Gasteiger partial charge in [-0.25, -0.2) is 8.42 Å². The molecule has 0 saturated carbocycles. The van der Waals surface area contributed by atoms with Gasteiger partial charge >= 0.3 is 0 Å². The lowest BCUT2D eigenvalue weighted by Gasteiger charge is -2.25. The molecule has 3 aromatic carbocycles. The SMILES string of the molecule is CCc1ccc(C(C)NC(=O)CN(c2ccc(C)c(Cl)c2)S(=O)(=O)c2ccccc2)cc1. The van der Waals surface area contributed by atoms with E-state index in [1.807, 2.05) is 38.1 Å². The molecule has 0 aliphatic heterocycles. The van der Waals surface area contributed by atoms with E-state index in [0.717, 1.165) is 21.9 Å². The van der Waals surface area contributed by atoms with Gasteiger partial charge in [0, 0.05) is 5.02 Å². The molecule has 1 amide bonds. The molecule has 0 spiro atoms. The van der Waals surface area contributed by atoms with Crippen molar-refractivity contribution in [2.24, 2.45) is 0 Å². The van der Waals surface area contributed by atoms with Gasteiger partial charge in [-0.15, -0.1) is 0 Å². The molecule has 0 radical (unpaired) electrons. The number of halogens is 1. The van der Waals surface area contributed by atoms with Crippen LogP contribution in [0.2, 0.25) is 5.02 Å². The maximum absolute atomic E-state index is 13.4. The number of benzene rings is 3. The van der Waals surface area contributed by atoms with E-state index in [-0.39, 0.29) is 17.5 Å². The number of rotatable bonds is 8. The second-order valence-electron chi connectivity index (χ2n) is 7.64. The summed E-state index contributed by atoms with van der Waals surface area (Å²) in [5.41, 5.74) is 3.32. The van der Waals surface area contributed by atoms with E-state index in [0.29, 0.717) is 10.7 Å². The maximum atomic E-state index is 13.4. The lowest BCUT2D eigenvalue weighted by Crippen LogP contribution is -2.41. The Balaban J connectivity index is 1.88. The van der Waals surface area contributed by atoms with Crippen LogP contribution in [0.4, 0.5) is 5.69 Å². The van der Waals surface area contributed by atoms with E-state index >= 15 is 0 Å². The minimum atomic E-state index is -3.97. The average molecular weight is 471 g/mol. The molecule has 32 heavy (non-hydrogen) atoms. The third-order valence-electron chi connectivity index (χ3n) is 5.33. The second kappa shape index (κ2) is 10.2. The minimum absolute atomic E-state index is 0.104. The smallest absolute Gasteiger partial charge is 0.264 e. The van der Waals surface area contributed by atoms with Crippen molar-refractivity contribution in [1.82, 2.24) is 5.32 Å². The summed E-state index contributed by atoms with van der Waals surface area (Å²) >= 11 is 6.26. The van der Waals surface area contributed by atoms with Crippen LogP contribution in [-0.2, 0) is 21.2 Å². The minimum Gasteiger partial charge on any atom is -0.348 e. The van der Waals surface area contributed by atoms with Crippen molar-refractivity contribution < 1.29 is 13.2 Å². The van der Waals surface area contributed by atoms with E-state index in [1.54, 1.807) is 36.4 Å². The van der Waals surface area contributed by atoms with Crippen LogP contribution >= 0.6 is 11.6 Å². The number of hydrogen-bond acceptors (Lipinski definition) is 3. The summed E-state index contributed by atoms with van der Waals surface area (Å²) in [6, 6.07) is 20.7. The normalized spacial score (nSPS) is 12.2. The van der Waals surface area contributed by atoms with E-state index in [2.05, 4.69) is 12.2 Å². The monoisotopic (exact) mass is 470 g/mol. The maximum Gasteiger partial charge on any atom is 0.264 e. The Morgan fingerprint density at radius 2 is 1.69 bits per heavy atom. The summed E-state index contributed by atoms with van der Waals surface area (Å²) in [7, 11) is -3.97. The molecular formula is C25H27ClN2O3S. The highest BCUT2D eigenvalue weighted by Crippen LogP contribution is 2.28. The number of nitrogens with zero attached hydrogens (tertiary/aromatic N) is 1. The molecule has 7 heteroatoms.